The van der Waals surface area contributed by atoms with Gasteiger partial charge in [-0.2, -0.15) is 0 Å². The maximum Gasteiger partial charge on any atom is 0.227 e. The van der Waals surface area contributed by atoms with Crippen LogP contribution in [0.1, 0.15) is 32.1 Å². The number of hydrogen-bond donors (Lipinski definition) is 2. The molecule has 0 aliphatic carbocycles. The Hall–Kier alpha value is -3.35. The molecule has 2 N–H and O–H groups in total. The van der Waals surface area contributed by atoms with Crippen molar-refractivity contribution in [1.29, 1.82) is 0 Å². The summed E-state index contributed by atoms with van der Waals surface area (Å²) in [6.07, 6.45) is 0.197. The number of carbonyl (C=O) groups excluding carboxylic acids is 2. The number of amides is 2. The van der Waals surface area contributed by atoms with E-state index in [-0.39, 0.29) is 30.2 Å². The summed E-state index contributed by atoms with van der Waals surface area (Å²) in [5.41, 5.74) is 2.58. The molecular formula is C23H26N4O3. The second kappa shape index (κ2) is 8.18. The first kappa shape index (κ1) is 19.9. The molecular weight excluding hydrogens is 380 g/mol. The van der Waals surface area contributed by atoms with Crippen molar-refractivity contribution in [2.24, 2.45) is 11.8 Å². The summed E-state index contributed by atoms with van der Waals surface area (Å²) in [4.78, 5) is 35.2. The monoisotopic (exact) mass is 406 g/mol. The lowest BCUT2D eigenvalue weighted by Crippen LogP contribution is -2.38. The van der Waals surface area contributed by atoms with Crippen LogP contribution in [0, 0.1) is 11.8 Å². The number of nitrogens with zero attached hydrogens (tertiary/aromatic N) is 2. The van der Waals surface area contributed by atoms with Crippen molar-refractivity contribution < 1.29 is 14.3 Å². The second-order valence-corrected chi connectivity index (χ2v) is 7.97. The molecule has 1 fully saturated rings. The Kier molecular flexibility index (Phi) is 5.44. The van der Waals surface area contributed by atoms with Crippen LogP contribution in [0.15, 0.2) is 48.5 Å². The molecule has 0 bridgehead atoms. The highest BCUT2D eigenvalue weighted by Crippen LogP contribution is 2.28. The molecule has 3 aromatic rings. The number of fused-ring (bicyclic) bond motifs is 1. The first-order valence-corrected chi connectivity index (χ1v) is 10.2. The fourth-order valence-corrected chi connectivity index (χ4v) is 3.84. The van der Waals surface area contributed by atoms with Crippen molar-refractivity contribution in [2.45, 2.75) is 26.3 Å². The maximum atomic E-state index is 13.0. The van der Waals surface area contributed by atoms with E-state index in [1.807, 2.05) is 62.4 Å². The second-order valence-electron chi connectivity index (χ2n) is 7.97. The minimum absolute atomic E-state index is 0.0508. The van der Waals surface area contributed by atoms with Gasteiger partial charge in [0.05, 0.1) is 30.1 Å². The van der Waals surface area contributed by atoms with Crippen LogP contribution in [-0.4, -0.2) is 35.4 Å². The molecule has 1 aliphatic rings. The molecule has 0 saturated carbocycles. The van der Waals surface area contributed by atoms with Gasteiger partial charge in [0.25, 0.3) is 0 Å². The van der Waals surface area contributed by atoms with Crippen LogP contribution in [-0.2, 0) is 9.59 Å². The van der Waals surface area contributed by atoms with Crippen molar-refractivity contribution in [3.63, 3.8) is 0 Å². The molecule has 30 heavy (non-hydrogen) atoms. The van der Waals surface area contributed by atoms with Gasteiger partial charge in [-0.3, -0.25) is 9.59 Å². The van der Waals surface area contributed by atoms with Gasteiger partial charge >= 0.3 is 0 Å². The van der Waals surface area contributed by atoms with E-state index in [2.05, 4.69) is 15.3 Å². The van der Waals surface area contributed by atoms with E-state index in [4.69, 9.17) is 4.74 Å². The van der Waals surface area contributed by atoms with Crippen LogP contribution in [0.3, 0.4) is 0 Å². The molecule has 0 radical (unpaired) electrons. The smallest absolute Gasteiger partial charge is 0.227 e. The minimum Gasteiger partial charge on any atom is -0.497 e. The largest absolute Gasteiger partial charge is 0.497 e. The molecule has 1 saturated heterocycles. The predicted molar refractivity (Wildman–Crippen MR) is 115 cm³/mol. The molecule has 7 heteroatoms. The number of aromatic amines is 1. The molecule has 1 unspecified atom stereocenters. The molecule has 1 aliphatic heterocycles. The number of para-hydroxylation sites is 2. The third-order valence-electron chi connectivity index (χ3n) is 5.55. The zero-order chi connectivity index (χ0) is 21.3. The number of benzene rings is 2. The zero-order valence-electron chi connectivity index (χ0n) is 17.4. The Morgan fingerprint density at radius 3 is 2.60 bits per heavy atom. The van der Waals surface area contributed by atoms with Gasteiger partial charge in [-0.1, -0.05) is 26.0 Å². The van der Waals surface area contributed by atoms with Crippen LogP contribution in [0.25, 0.3) is 11.0 Å². The summed E-state index contributed by atoms with van der Waals surface area (Å²) in [6.45, 7) is 4.45. The number of imidazole rings is 1. The quantitative estimate of drug-likeness (QED) is 0.656. The molecule has 2 atom stereocenters. The average molecular weight is 406 g/mol. The van der Waals surface area contributed by atoms with E-state index >= 15 is 0 Å². The lowest BCUT2D eigenvalue weighted by molar-refractivity contribution is -0.127. The van der Waals surface area contributed by atoms with E-state index in [9.17, 15) is 9.59 Å². The molecule has 7 nitrogen and oxygen atoms in total. The number of ether oxygens (including phenoxy) is 1. The van der Waals surface area contributed by atoms with E-state index in [0.29, 0.717) is 6.54 Å². The highest BCUT2D eigenvalue weighted by molar-refractivity contribution is 6.00. The number of nitrogens with one attached hydrogen (secondary N) is 2. The number of carbonyl (C=O) groups is 2. The molecule has 1 aromatic heterocycles. The summed E-state index contributed by atoms with van der Waals surface area (Å²) in [5.74, 6) is 1.03. The van der Waals surface area contributed by atoms with Crippen molar-refractivity contribution in [3.8, 4) is 5.75 Å². The number of rotatable bonds is 6. The van der Waals surface area contributed by atoms with E-state index in [1.165, 1.54) is 0 Å². The molecule has 2 aromatic carbocycles. The SMILES string of the molecule is COc1ccc(N2CC(C(=O)N[C@H](c3nc4ccccc4[nH]3)C(C)C)CC2=O)cc1. The van der Waals surface area contributed by atoms with Gasteiger partial charge in [0, 0.05) is 18.7 Å². The normalized spacial score (nSPS) is 17.5. The lowest BCUT2D eigenvalue weighted by atomic mass is 10.0. The Labute approximate surface area is 175 Å². The van der Waals surface area contributed by atoms with Gasteiger partial charge in [0.2, 0.25) is 11.8 Å². The summed E-state index contributed by atoms with van der Waals surface area (Å²) in [5, 5.41) is 3.11. The van der Waals surface area contributed by atoms with Crippen LogP contribution in [0.2, 0.25) is 0 Å². The Morgan fingerprint density at radius 1 is 1.20 bits per heavy atom. The van der Waals surface area contributed by atoms with Crippen LogP contribution < -0.4 is 15.0 Å². The third-order valence-corrected chi connectivity index (χ3v) is 5.55. The van der Waals surface area contributed by atoms with Gasteiger partial charge in [-0.25, -0.2) is 4.98 Å². The van der Waals surface area contributed by atoms with Crippen molar-refractivity contribution >= 4 is 28.5 Å². The van der Waals surface area contributed by atoms with E-state index in [0.717, 1.165) is 28.3 Å². The van der Waals surface area contributed by atoms with Gasteiger partial charge in [0.15, 0.2) is 0 Å². The third kappa shape index (κ3) is 3.87. The zero-order valence-corrected chi connectivity index (χ0v) is 17.4. The Bertz CT molecular complexity index is 1020. The number of hydrogen-bond acceptors (Lipinski definition) is 4. The van der Waals surface area contributed by atoms with Crippen molar-refractivity contribution in [3.05, 3.63) is 54.4 Å². The number of anilines is 1. The highest BCUT2D eigenvalue weighted by Gasteiger charge is 2.36. The Morgan fingerprint density at radius 2 is 1.93 bits per heavy atom. The standard InChI is InChI=1S/C23H26N4O3/c1-14(2)21(22-24-18-6-4-5-7-19(18)25-22)26-23(29)15-12-20(28)27(13-15)16-8-10-17(30-3)11-9-16/h4-11,14-15,21H,12-13H2,1-3H3,(H,24,25)(H,26,29)/t15?,21-/m0/s1. The maximum absolute atomic E-state index is 13.0. The molecule has 4 rings (SSSR count). The summed E-state index contributed by atoms with van der Waals surface area (Å²) >= 11 is 0. The number of H-pyrrole nitrogens is 1. The van der Waals surface area contributed by atoms with Gasteiger partial charge in [-0.15, -0.1) is 0 Å². The van der Waals surface area contributed by atoms with Crippen LogP contribution in [0.5, 0.6) is 5.75 Å². The molecule has 156 valence electrons. The predicted octanol–water partition coefficient (Wildman–Crippen LogP) is 3.44. The minimum atomic E-state index is -0.398. The number of aromatic nitrogens is 2. The van der Waals surface area contributed by atoms with Crippen LogP contribution in [0.4, 0.5) is 5.69 Å². The van der Waals surface area contributed by atoms with E-state index < -0.39 is 5.92 Å². The first-order chi connectivity index (χ1) is 14.5. The topological polar surface area (TPSA) is 87.3 Å². The number of methoxy groups -OCH3 is 1. The van der Waals surface area contributed by atoms with E-state index in [1.54, 1.807) is 12.0 Å². The first-order valence-electron chi connectivity index (χ1n) is 10.2. The van der Waals surface area contributed by atoms with Crippen molar-refractivity contribution in [2.75, 3.05) is 18.6 Å². The molecule has 2 heterocycles. The average Bonchev–Trinajstić information content (AvgIpc) is 3.35. The summed E-state index contributed by atoms with van der Waals surface area (Å²) in [6, 6.07) is 14.8. The van der Waals surface area contributed by atoms with Gasteiger partial charge in [-0.05, 0) is 42.3 Å². The van der Waals surface area contributed by atoms with Gasteiger partial charge < -0.3 is 19.9 Å². The fourth-order valence-electron chi connectivity index (χ4n) is 3.84. The Balaban J connectivity index is 1.48. The fraction of sp³-hybridized carbons (Fsp3) is 0.348. The van der Waals surface area contributed by atoms with Gasteiger partial charge in [0.1, 0.15) is 11.6 Å². The lowest BCUT2D eigenvalue weighted by Gasteiger charge is -2.22. The highest BCUT2D eigenvalue weighted by atomic mass is 16.5. The van der Waals surface area contributed by atoms with Crippen molar-refractivity contribution in [1.82, 2.24) is 15.3 Å². The van der Waals surface area contributed by atoms with Crippen LogP contribution >= 0.6 is 0 Å². The summed E-state index contributed by atoms with van der Waals surface area (Å²) in [7, 11) is 1.60. The molecule has 0 spiro atoms. The molecule has 2 amide bonds. The summed E-state index contributed by atoms with van der Waals surface area (Å²) < 4.78 is 5.17.